The first-order valence-corrected chi connectivity index (χ1v) is 8.07. The molecule has 2 atom stereocenters. The van der Waals surface area contributed by atoms with Gasteiger partial charge in [0.25, 0.3) is 5.91 Å². The molecule has 1 aromatic carbocycles. The molecule has 2 saturated heterocycles. The maximum atomic E-state index is 13.6. The van der Waals surface area contributed by atoms with Gasteiger partial charge in [-0.15, -0.1) is 0 Å². The van der Waals surface area contributed by atoms with Crippen molar-refractivity contribution < 1.29 is 23.8 Å². The Hall–Kier alpha value is -2.15. The molecule has 3 rings (SSSR count). The molecule has 1 spiro atoms. The number of benzene rings is 1. The number of carbonyl (C=O) groups excluding carboxylic acids is 2. The summed E-state index contributed by atoms with van der Waals surface area (Å²) in [6, 6.07) is 3.77. The summed E-state index contributed by atoms with van der Waals surface area (Å²) < 4.78 is 18.7. The molecule has 6 nitrogen and oxygen atoms in total. The second-order valence-corrected chi connectivity index (χ2v) is 6.39. The number of ether oxygens (including phenoxy) is 1. The third kappa shape index (κ3) is 2.73. The number of carbonyl (C=O) groups is 2. The molecule has 2 aliphatic heterocycles. The number of rotatable bonds is 2. The van der Waals surface area contributed by atoms with Crippen LogP contribution in [0.2, 0.25) is 0 Å². The van der Waals surface area contributed by atoms with Gasteiger partial charge in [-0.25, -0.2) is 4.39 Å². The molecular weight excluding hydrogens is 315 g/mol. The Morgan fingerprint density at radius 3 is 3.00 bits per heavy atom. The molecule has 0 bridgehead atoms. The van der Waals surface area contributed by atoms with E-state index in [2.05, 4.69) is 5.32 Å². The molecular formula is C17H21FN2O4. The number of methoxy groups -OCH3 is 1. The minimum Gasteiger partial charge on any atom is -0.496 e. The molecule has 130 valence electrons. The summed E-state index contributed by atoms with van der Waals surface area (Å²) >= 11 is 0. The second kappa shape index (κ2) is 6.39. The fourth-order valence-corrected chi connectivity index (χ4v) is 3.63. The van der Waals surface area contributed by atoms with Crippen LogP contribution in [-0.2, 0) is 4.79 Å². The Morgan fingerprint density at radius 2 is 2.29 bits per heavy atom. The van der Waals surface area contributed by atoms with Gasteiger partial charge in [-0.2, -0.15) is 0 Å². The van der Waals surface area contributed by atoms with Crippen LogP contribution in [0.5, 0.6) is 5.75 Å². The first-order chi connectivity index (χ1) is 11.5. The predicted octanol–water partition coefficient (Wildman–Crippen LogP) is 0.938. The SMILES string of the molecule is COc1ccc(F)cc1C(=O)N1CC[C@@H](O)[C@@]2(CCCNC2=O)C1. The average molecular weight is 336 g/mol. The van der Waals surface area contributed by atoms with Gasteiger partial charge in [-0.1, -0.05) is 0 Å². The number of nitrogens with zero attached hydrogens (tertiary/aromatic N) is 1. The number of piperidine rings is 2. The highest BCUT2D eigenvalue weighted by Crippen LogP contribution is 2.38. The minimum atomic E-state index is -0.979. The van der Waals surface area contributed by atoms with Crippen LogP contribution in [0.3, 0.4) is 0 Å². The lowest BCUT2D eigenvalue weighted by Crippen LogP contribution is -2.62. The molecule has 2 aliphatic rings. The zero-order chi connectivity index (χ0) is 17.3. The van der Waals surface area contributed by atoms with Crippen LogP contribution < -0.4 is 10.1 Å². The molecule has 2 amide bonds. The van der Waals surface area contributed by atoms with Gasteiger partial charge in [0.05, 0.1) is 24.2 Å². The molecule has 0 aliphatic carbocycles. The Kier molecular flexibility index (Phi) is 4.45. The maximum Gasteiger partial charge on any atom is 0.257 e. The molecule has 2 heterocycles. The van der Waals surface area contributed by atoms with Gasteiger partial charge in [0.1, 0.15) is 11.6 Å². The van der Waals surface area contributed by atoms with Gasteiger partial charge in [0, 0.05) is 19.6 Å². The largest absolute Gasteiger partial charge is 0.496 e. The zero-order valence-corrected chi connectivity index (χ0v) is 13.5. The predicted molar refractivity (Wildman–Crippen MR) is 84.2 cm³/mol. The first-order valence-electron chi connectivity index (χ1n) is 8.07. The van der Waals surface area contributed by atoms with Gasteiger partial charge < -0.3 is 20.1 Å². The zero-order valence-electron chi connectivity index (χ0n) is 13.5. The number of aliphatic hydroxyl groups excluding tert-OH is 1. The maximum absolute atomic E-state index is 13.6. The smallest absolute Gasteiger partial charge is 0.257 e. The number of hydrogen-bond acceptors (Lipinski definition) is 4. The van der Waals surface area contributed by atoms with Crippen molar-refractivity contribution in [1.82, 2.24) is 10.2 Å². The van der Waals surface area contributed by atoms with Crippen LogP contribution in [0.15, 0.2) is 18.2 Å². The van der Waals surface area contributed by atoms with Crippen molar-refractivity contribution in [2.45, 2.75) is 25.4 Å². The summed E-state index contributed by atoms with van der Waals surface area (Å²) in [5.74, 6) is -0.850. The minimum absolute atomic E-state index is 0.124. The summed E-state index contributed by atoms with van der Waals surface area (Å²) in [6.07, 6.45) is 0.825. The summed E-state index contributed by atoms with van der Waals surface area (Å²) in [4.78, 5) is 26.7. The third-order valence-corrected chi connectivity index (χ3v) is 5.00. The van der Waals surface area contributed by atoms with Crippen LogP contribution in [0, 0.1) is 11.2 Å². The highest BCUT2D eigenvalue weighted by molar-refractivity contribution is 5.97. The average Bonchev–Trinajstić information content (AvgIpc) is 2.59. The lowest BCUT2D eigenvalue weighted by molar-refractivity contribution is -0.147. The van der Waals surface area contributed by atoms with E-state index >= 15 is 0 Å². The topological polar surface area (TPSA) is 78.9 Å². The van der Waals surface area contributed by atoms with Crippen molar-refractivity contribution in [3.8, 4) is 5.75 Å². The summed E-state index contributed by atoms with van der Waals surface area (Å²) in [6.45, 7) is 1.02. The van der Waals surface area contributed by atoms with Crippen LogP contribution in [0.1, 0.15) is 29.6 Å². The van der Waals surface area contributed by atoms with Crippen LogP contribution in [0.25, 0.3) is 0 Å². The van der Waals surface area contributed by atoms with E-state index in [0.717, 1.165) is 12.5 Å². The molecule has 2 N–H and O–H groups in total. The summed E-state index contributed by atoms with van der Waals surface area (Å²) in [7, 11) is 1.42. The van der Waals surface area contributed by atoms with E-state index in [-0.39, 0.29) is 23.8 Å². The Bertz CT molecular complexity index is 666. The quantitative estimate of drug-likeness (QED) is 0.842. The number of amides is 2. The molecule has 0 radical (unpaired) electrons. The molecule has 0 aromatic heterocycles. The van der Waals surface area contributed by atoms with Crippen LogP contribution in [-0.4, -0.2) is 54.7 Å². The van der Waals surface area contributed by atoms with Gasteiger partial charge >= 0.3 is 0 Å². The van der Waals surface area contributed by atoms with Gasteiger partial charge in [-0.05, 0) is 37.5 Å². The normalized spacial score (nSPS) is 27.0. The standard InChI is InChI=1S/C17H21FN2O4/c1-24-13-4-3-11(18)9-12(13)15(22)20-8-5-14(21)17(10-20)6-2-7-19-16(17)23/h3-4,9,14,21H,2,5-8,10H2,1H3,(H,19,23)/t14-,17-/m1/s1. The molecule has 7 heteroatoms. The van der Waals surface area contributed by atoms with Crippen molar-refractivity contribution in [3.63, 3.8) is 0 Å². The molecule has 1 aromatic rings. The van der Waals surface area contributed by atoms with Crippen molar-refractivity contribution in [3.05, 3.63) is 29.6 Å². The Morgan fingerprint density at radius 1 is 1.50 bits per heavy atom. The van der Waals surface area contributed by atoms with Gasteiger partial charge in [-0.3, -0.25) is 9.59 Å². The summed E-state index contributed by atoms with van der Waals surface area (Å²) in [5.41, 5.74) is -0.854. The first kappa shape index (κ1) is 16.7. The number of hydrogen-bond donors (Lipinski definition) is 2. The fourth-order valence-electron chi connectivity index (χ4n) is 3.63. The number of aliphatic hydroxyl groups is 1. The second-order valence-electron chi connectivity index (χ2n) is 6.39. The molecule has 0 unspecified atom stereocenters. The fraction of sp³-hybridized carbons (Fsp3) is 0.529. The van der Waals surface area contributed by atoms with E-state index in [0.29, 0.717) is 25.9 Å². The third-order valence-electron chi connectivity index (χ3n) is 5.00. The van der Waals surface area contributed by atoms with Crippen molar-refractivity contribution in [2.75, 3.05) is 26.7 Å². The van der Waals surface area contributed by atoms with E-state index in [1.54, 1.807) is 0 Å². The molecule has 24 heavy (non-hydrogen) atoms. The van der Waals surface area contributed by atoms with Crippen LogP contribution >= 0.6 is 0 Å². The van der Waals surface area contributed by atoms with Gasteiger partial charge in [0.2, 0.25) is 5.91 Å². The van der Waals surface area contributed by atoms with E-state index in [9.17, 15) is 19.1 Å². The van der Waals surface area contributed by atoms with Gasteiger partial charge in [0.15, 0.2) is 0 Å². The highest BCUT2D eigenvalue weighted by Gasteiger charge is 2.50. The molecule has 2 fully saturated rings. The van der Waals surface area contributed by atoms with E-state index in [1.165, 1.54) is 24.1 Å². The van der Waals surface area contributed by atoms with E-state index in [4.69, 9.17) is 4.74 Å². The van der Waals surface area contributed by atoms with E-state index in [1.807, 2.05) is 0 Å². The Balaban J connectivity index is 1.89. The van der Waals surface area contributed by atoms with Crippen molar-refractivity contribution in [2.24, 2.45) is 5.41 Å². The van der Waals surface area contributed by atoms with Crippen molar-refractivity contribution in [1.29, 1.82) is 0 Å². The number of nitrogens with one attached hydrogen (secondary N) is 1. The van der Waals surface area contributed by atoms with E-state index < -0.39 is 23.2 Å². The Labute approximate surface area is 139 Å². The lowest BCUT2D eigenvalue weighted by atomic mass is 9.71. The summed E-state index contributed by atoms with van der Waals surface area (Å²) in [5, 5.41) is 13.2. The highest BCUT2D eigenvalue weighted by atomic mass is 19.1. The number of likely N-dealkylation sites (tertiary alicyclic amines) is 1. The van der Waals surface area contributed by atoms with Crippen LogP contribution in [0.4, 0.5) is 4.39 Å². The van der Waals surface area contributed by atoms with Crippen molar-refractivity contribution >= 4 is 11.8 Å². The lowest BCUT2D eigenvalue weighted by Gasteiger charge is -2.46. The monoisotopic (exact) mass is 336 g/mol. The number of halogens is 1. The molecule has 0 saturated carbocycles.